The number of hydrogen-bond acceptors (Lipinski definition) is 3. The van der Waals surface area contributed by atoms with Gasteiger partial charge in [0.05, 0.1) is 6.10 Å². The minimum atomic E-state index is -0.870. The fraction of sp³-hybridized carbons (Fsp3) is 0.714. The van der Waals surface area contributed by atoms with Crippen LogP contribution < -0.4 is 0 Å². The summed E-state index contributed by atoms with van der Waals surface area (Å²) in [5.41, 5.74) is 0.144. The minimum Gasteiger partial charge on any atom is -0.481 e. The van der Waals surface area contributed by atoms with Crippen molar-refractivity contribution in [3.05, 3.63) is 12.2 Å². The average Bonchev–Trinajstić information content (AvgIpc) is 2.80. The molecule has 3 N–H and O–H groups in total. The molecule has 0 radical (unpaired) electrons. The van der Waals surface area contributed by atoms with Crippen molar-refractivity contribution in [1.29, 1.82) is 0 Å². The lowest BCUT2D eigenvalue weighted by molar-refractivity contribution is -0.139. The highest BCUT2D eigenvalue weighted by Gasteiger charge is 2.44. The summed E-state index contributed by atoms with van der Waals surface area (Å²) in [4.78, 5) is 19.8. The van der Waals surface area contributed by atoms with Gasteiger partial charge >= 0.3 is 11.9 Å². The van der Waals surface area contributed by atoms with Crippen molar-refractivity contribution in [2.75, 3.05) is 0 Å². The summed E-state index contributed by atoms with van der Waals surface area (Å²) in [6.45, 7) is 2.14. The Labute approximate surface area is 112 Å². The Morgan fingerprint density at radius 3 is 1.95 bits per heavy atom. The van der Waals surface area contributed by atoms with E-state index >= 15 is 0 Å². The van der Waals surface area contributed by atoms with Crippen molar-refractivity contribution < 1.29 is 24.9 Å². The average molecular weight is 270 g/mol. The molecule has 5 heteroatoms. The number of carbonyl (C=O) groups is 2. The number of allylic oxidation sites excluding steroid dienone is 1. The summed E-state index contributed by atoms with van der Waals surface area (Å²) in [5.74, 6) is -1.05. The summed E-state index contributed by atoms with van der Waals surface area (Å²) in [6.07, 6.45) is 7.54. The Morgan fingerprint density at radius 2 is 1.74 bits per heavy atom. The molecule has 0 spiro atoms. The van der Waals surface area contributed by atoms with Gasteiger partial charge in [-0.25, -0.2) is 0 Å². The van der Waals surface area contributed by atoms with Crippen molar-refractivity contribution in [1.82, 2.24) is 0 Å². The second-order valence-electron chi connectivity index (χ2n) is 5.58. The van der Waals surface area contributed by atoms with E-state index in [2.05, 4.69) is 19.1 Å². The second-order valence-corrected chi connectivity index (χ2v) is 5.58. The largest absolute Gasteiger partial charge is 0.481 e. The molecule has 3 unspecified atom stereocenters. The van der Waals surface area contributed by atoms with E-state index in [1.54, 1.807) is 0 Å². The summed E-state index contributed by atoms with van der Waals surface area (Å²) in [6, 6.07) is 0. The van der Waals surface area contributed by atoms with Crippen LogP contribution in [-0.2, 0) is 9.59 Å². The van der Waals surface area contributed by atoms with E-state index in [-0.39, 0.29) is 24.4 Å². The normalized spacial score (nSPS) is 30.8. The van der Waals surface area contributed by atoms with E-state index in [1.165, 1.54) is 6.42 Å². The number of rotatable bonds is 5. The van der Waals surface area contributed by atoms with Crippen LogP contribution in [0.5, 0.6) is 0 Å². The summed E-state index contributed by atoms with van der Waals surface area (Å²) in [5, 5.41) is 25.7. The van der Waals surface area contributed by atoms with Gasteiger partial charge in [0.15, 0.2) is 0 Å². The minimum absolute atomic E-state index is 0.0625. The second kappa shape index (κ2) is 6.70. The molecular formula is C14H22O5. The maximum absolute atomic E-state index is 9.90. The van der Waals surface area contributed by atoms with Crippen molar-refractivity contribution >= 4 is 11.9 Å². The lowest BCUT2D eigenvalue weighted by Crippen LogP contribution is -2.23. The van der Waals surface area contributed by atoms with Crippen LogP contribution in [0.1, 0.15) is 45.4 Å². The molecule has 0 aromatic rings. The third-order valence-corrected chi connectivity index (χ3v) is 3.77. The van der Waals surface area contributed by atoms with Gasteiger partial charge in [0.1, 0.15) is 0 Å². The number of aliphatic hydroxyl groups excluding tert-OH is 1. The van der Waals surface area contributed by atoms with Crippen LogP contribution in [0, 0.1) is 11.3 Å². The first kappa shape index (κ1) is 15.7. The molecule has 0 aromatic carbocycles. The molecule has 0 saturated heterocycles. The molecule has 3 atom stereocenters. The lowest BCUT2D eigenvalue weighted by atomic mass is 9.88. The standard InChI is InChI=1S/C8H12O.C6H10O4/c1-8-3-2-6(5-8)4-7(8)9;7-5(8)3-1-2-4-6(9)10/h2-3,6-7,9H,4-5H2,1H3;1-4H2,(H,7,8)(H,9,10). The molecule has 0 heterocycles. The molecule has 2 rings (SSSR count). The van der Waals surface area contributed by atoms with Gasteiger partial charge in [-0.05, 0) is 31.6 Å². The molecule has 2 bridgehead atoms. The maximum atomic E-state index is 9.90. The number of fused-ring (bicyclic) bond motifs is 2. The molecule has 5 nitrogen and oxygen atoms in total. The lowest BCUT2D eigenvalue weighted by Gasteiger charge is -2.22. The zero-order valence-corrected chi connectivity index (χ0v) is 11.2. The monoisotopic (exact) mass is 270 g/mol. The Morgan fingerprint density at radius 1 is 1.21 bits per heavy atom. The first-order valence-electron chi connectivity index (χ1n) is 6.64. The fourth-order valence-electron chi connectivity index (χ4n) is 2.57. The first-order chi connectivity index (χ1) is 8.83. The van der Waals surface area contributed by atoms with Crippen LogP contribution >= 0.6 is 0 Å². The summed E-state index contributed by atoms with van der Waals surface area (Å²) >= 11 is 0. The Balaban J connectivity index is 0.000000190. The van der Waals surface area contributed by atoms with Crippen molar-refractivity contribution in [3.63, 3.8) is 0 Å². The molecule has 108 valence electrons. The maximum Gasteiger partial charge on any atom is 0.303 e. The van der Waals surface area contributed by atoms with E-state index < -0.39 is 11.9 Å². The Bertz CT molecular complexity index is 347. The highest BCUT2D eigenvalue weighted by molar-refractivity contribution is 5.67. The van der Waals surface area contributed by atoms with E-state index in [4.69, 9.17) is 10.2 Å². The first-order valence-corrected chi connectivity index (χ1v) is 6.64. The molecule has 1 fully saturated rings. The molecule has 19 heavy (non-hydrogen) atoms. The SMILES string of the molecule is CC12C=CC(CC1O)C2.O=C(O)CCCCC(=O)O. The van der Waals surface area contributed by atoms with Crippen molar-refractivity contribution in [2.45, 2.75) is 51.6 Å². The molecule has 0 aliphatic heterocycles. The van der Waals surface area contributed by atoms with E-state index in [1.807, 2.05) is 0 Å². The smallest absolute Gasteiger partial charge is 0.303 e. The quantitative estimate of drug-likeness (QED) is 0.525. The Kier molecular flexibility index (Phi) is 5.54. The van der Waals surface area contributed by atoms with Crippen molar-refractivity contribution in [3.8, 4) is 0 Å². The van der Waals surface area contributed by atoms with Gasteiger partial charge < -0.3 is 15.3 Å². The number of unbranched alkanes of at least 4 members (excludes halogenated alkanes) is 1. The number of aliphatic carboxylic acids is 2. The van der Waals surface area contributed by atoms with E-state index in [0.717, 1.165) is 6.42 Å². The molecular weight excluding hydrogens is 248 g/mol. The van der Waals surface area contributed by atoms with Crippen LogP contribution in [0.3, 0.4) is 0 Å². The zero-order chi connectivity index (χ0) is 14.5. The van der Waals surface area contributed by atoms with E-state index in [9.17, 15) is 14.7 Å². The highest BCUT2D eigenvalue weighted by atomic mass is 16.4. The van der Waals surface area contributed by atoms with Gasteiger partial charge in [-0.1, -0.05) is 19.1 Å². The van der Waals surface area contributed by atoms with Crippen LogP contribution in [0.25, 0.3) is 0 Å². The number of carboxylic acids is 2. The van der Waals surface area contributed by atoms with Gasteiger partial charge in [0.2, 0.25) is 0 Å². The van der Waals surface area contributed by atoms with Crippen LogP contribution in [0.15, 0.2) is 12.2 Å². The van der Waals surface area contributed by atoms with Crippen LogP contribution in [-0.4, -0.2) is 33.4 Å². The predicted molar refractivity (Wildman–Crippen MR) is 69.7 cm³/mol. The van der Waals surface area contributed by atoms with Gasteiger partial charge in [-0.3, -0.25) is 9.59 Å². The predicted octanol–water partition coefficient (Wildman–Crippen LogP) is 2.05. The van der Waals surface area contributed by atoms with Gasteiger partial charge in [0, 0.05) is 18.3 Å². The van der Waals surface area contributed by atoms with Crippen molar-refractivity contribution in [2.24, 2.45) is 11.3 Å². The topological polar surface area (TPSA) is 94.8 Å². The number of carboxylic acid groups (broad SMARTS) is 2. The van der Waals surface area contributed by atoms with Gasteiger partial charge in [0.25, 0.3) is 0 Å². The fourth-order valence-corrected chi connectivity index (χ4v) is 2.57. The zero-order valence-electron chi connectivity index (χ0n) is 11.2. The molecule has 0 amide bonds. The van der Waals surface area contributed by atoms with E-state index in [0.29, 0.717) is 18.8 Å². The Hall–Kier alpha value is -1.36. The molecule has 1 saturated carbocycles. The van der Waals surface area contributed by atoms with Gasteiger partial charge in [-0.15, -0.1) is 0 Å². The number of hydrogen-bond donors (Lipinski definition) is 3. The molecule has 2 aliphatic rings. The highest BCUT2D eigenvalue weighted by Crippen LogP contribution is 2.48. The van der Waals surface area contributed by atoms with Gasteiger partial charge in [-0.2, -0.15) is 0 Å². The summed E-state index contributed by atoms with van der Waals surface area (Å²) in [7, 11) is 0. The summed E-state index contributed by atoms with van der Waals surface area (Å²) < 4.78 is 0. The molecule has 0 aromatic heterocycles. The third-order valence-electron chi connectivity index (χ3n) is 3.77. The van der Waals surface area contributed by atoms with Crippen LogP contribution in [0.4, 0.5) is 0 Å². The molecule has 2 aliphatic carbocycles. The van der Waals surface area contributed by atoms with Crippen LogP contribution in [0.2, 0.25) is 0 Å². The third kappa shape index (κ3) is 5.03. The number of aliphatic hydroxyl groups is 1.